The van der Waals surface area contributed by atoms with Crippen LogP contribution >= 0.6 is 11.6 Å². The van der Waals surface area contributed by atoms with E-state index >= 15 is 0 Å². The Labute approximate surface area is 177 Å². The first-order valence-electron chi connectivity index (χ1n) is 8.45. The Kier molecular flexibility index (Phi) is 6.16. The van der Waals surface area contributed by atoms with E-state index in [1.165, 1.54) is 60.7 Å². The number of halogens is 1. The summed E-state index contributed by atoms with van der Waals surface area (Å²) in [4.78, 5) is 10.2. The van der Waals surface area contributed by atoms with E-state index in [0.29, 0.717) is 21.7 Å². The summed E-state index contributed by atoms with van der Waals surface area (Å²) in [6.07, 6.45) is 1.58. The predicted molar refractivity (Wildman–Crippen MR) is 112 cm³/mol. The van der Waals surface area contributed by atoms with Crippen LogP contribution < -0.4 is 4.18 Å². The molecule has 0 aliphatic carbocycles. The van der Waals surface area contributed by atoms with Crippen molar-refractivity contribution >= 4 is 39.1 Å². The SMILES string of the molecule is N#C/C(=C\c1ccc(OS(=O)(=O)c2ccc(Cl)cc2)cc1)c1ccc([N+](=O)[O-])cc1. The van der Waals surface area contributed by atoms with E-state index in [1.54, 1.807) is 18.2 Å². The molecule has 0 bridgehead atoms. The molecule has 0 saturated heterocycles. The summed E-state index contributed by atoms with van der Waals surface area (Å²) < 4.78 is 29.7. The van der Waals surface area contributed by atoms with Crippen molar-refractivity contribution in [2.75, 3.05) is 0 Å². The van der Waals surface area contributed by atoms with Gasteiger partial charge < -0.3 is 4.18 Å². The highest BCUT2D eigenvalue weighted by Crippen LogP contribution is 2.24. The van der Waals surface area contributed by atoms with E-state index in [2.05, 4.69) is 0 Å². The molecule has 9 heteroatoms. The van der Waals surface area contributed by atoms with E-state index < -0.39 is 15.0 Å². The molecule has 3 aromatic rings. The first-order chi connectivity index (χ1) is 14.3. The fourth-order valence-electron chi connectivity index (χ4n) is 2.51. The second-order valence-electron chi connectivity index (χ2n) is 6.03. The molecule has 0 saturated carbocycles. The minimum absolute atomic E-state index is 0.0270. The second kappa shape index (κ2) is 8.78. The van der Waals surface area contributed by atoms with Crippen molar-refractivity contribution in [1.82, 2.24) is 0 Å². The van der Waals surface area contributed by atoms with Crippen LogP contribution in [0.3, 0.4) is 0 Å². The number of non-ortho nitro benzene ring substituents is 1. The molecular formula is C21H13ClN2O5S. The normalized spacial score (nSPS) is 11.5. The zero-order valence-electron chi connectivity index (χ0n) is 15.2. The Hall–Kier alpha value is -3.67. The Morgan fingerprint density at radius 3 is 2.13 bits per heavy atom. The van der Waals surface area contributed by atoms with Crippen LogP contribution in [0.4, 0.5) is 5.69 Å². The van der Waals surface area contributed by atoms with Crippen molar-refractivity contribution < 1.29 is 17.5 Å². The minimum Gasteiger partial charge on any atom is -0.379 e. The van der Waals surface area contributed by atoms with E-state index in [1.807, 2.05) is 6.07 Å². The van der Waals surface area contributed by atoms with Crippen LogP contribution in [0, 0.1) is 21.4 Å². The number of hydrogen-bond donors (Lipinski definition) is 0. The van der Waals surface area contributed by atoms with Crippen LogP contribution in [0.2, 0.25) is 5.02 Å². The molecule has 30 heavy (non-hydrogen) atoms. The standard InChI is InChI=1S/C21H13ClN2O5S/c22-18-5-11-21(12-6-18)30(27,28)29-20-9-1-15(2-10-20)13-17(14-23)16-3-7-19(8-4-16)24(25)26/h1-13H/b17-13+. The van der Waals surface area contributed by atoms with Crippen molar-refractivity contribution in [1.29, 1.82) is 5.26 Å². The summed E-state index contributed by atoms with van der Waals surface area (Å²) in [5.41, 5.74) is 1.38. The molecule has 3 rings (SSSR count). The lowest BCUT2D eigenvalue weighted by atomic mass is 10.0. The monoisotopic (exact) mass is 440 g/mol. The molecule has 0 radical (unpaired) electrons. The van der Waals surface area contributed by atoms with Crippen LogP contribution in [0.25, 0.3) is 11.6 Å². The Balaban J connectivity index is 1.79. The summed E-state index contributed by atoms with van der Waals surface area (Å²) in [5.74, 6) is 0.107. The number of allylic oxidation sites excluding steroid dienone is 1. The third kappa shape index (κ3) is 5.03. The van der Waals surface area contributed by atoms with Gasteiger partial charge in [0, 0.05) is 17.2 Å². The first-order valence-corrected chi connectivity index (χ1v) is 10.2. The molecule has 0 N–H and O–H groups in total. The van der Waals surface area contributed by atoms with Gasteiger partial charge in [0.1, 0.15) is 10.6 Å². The highest BCUT2D eigenvalue weighted by Gasteiger charge is 2.16. The maximum absolute atomic E-state index is 12.3. The molecule has 0 aromatic heterocycles. The van der Waals surface area contributed by atoms with Crippen LogP contribution in [-0.4, -0.2) is 13.3 Å². The van der Waals surface area contributed by atoms with Gasteiger partial charge >= 0.3 is 10.1 Å². The number of nitro benzene ring substituents is 1. The van der Waals surface area contributed by atoms with E-state index in [-0.39, 0.29) is 16.3 Å². The molecule has 0 spiro atoms. The van der Waals surface area contributed by atoms with Gasteiger partial charge in [-0.2, -0.15) is 13.7 Å². The first kappa shape index (κ1) is 21.0. The van der Waals surface area contributed by atoms with Gasteiger partial charge in [-0.15, -0.1) is 0 Å². The number of nitriles is 1. The summed E-state index contributed by atoms with van der Waals surface area (Å²) >= 11 is 5.76. The van der Waals surface area contributed by atoms with Crippen LogP contribution in [-0.2, 0) is 10.1 Å². The number of hydrogen-bond acceptors (Lipinski definition) is 6. The van der Waals surface area contributed by atoms with Crippen LogP contribution in [0.5, 0.6) is 5.75 Å². The molecule has 3 aromatic carbocycles. The van der Waals surface area contributed by atoms with Crippen molar-refractivity contribution in [2.45, 2.75) is 4.90 Å². The average Bonchev–Trinajstić information content (AvgIpc) is 2.73. The van der Waals surface area contributed by atoms with Gasteiger partial charge in [-0.3, -0.25) is 10.1 Å². The number of rotatable bonds is 6. The molecule has 0 heterocycles. The molecule has 0 aliphatic heterocycles. The Morgan fingerprint density at radius 1 is 1.00 bits per heavy atom. The number of nitro groups is 1. The number of nitrogens with zero attached hydrogens (tertiary/aromatic N) is 2. The molecule has 0 aliphatic rings. The largest absolute Gasteiger partial charge is 0.379 e. The third-order valence-electron chi connectivity index (χ3n) is 4.01. The average molecular weight is 441 g/mol. The minimum atomic E-state index is -4.01. The van der Waals surface area contributed by atoms with Gasteiger partial charge in [-0.1, -0.05) is 23.7 Å². The lowest BCUT2D eigenvalue weighted by Gasteiger charge is -2.07. The zero-order valence-corrected chi connectivity index (χ0v) is 16.8. The maximum atomic E-state index is 12.3. The summed E-state index contributed by atoms with van der Waals surface area (Å²) in [6.45, 7) is 0. The smallest absolute Gasteiger partial charge is 0.339 e. The third-order valence-corrected chi connectivity index (χ3v) is 5.52. The van der Waals surface area contributed by atoms with Gasteiger partial charge in [0.2, 0.25) is 0 Å². The fraction of sp³-hybridized carbons (Fsp3) is 0. The highest BCUT2D eigenvalue weighted by atomic mass is 35.5. The molecule has 150 valence electrons. The van der Waals surface area contributed by atoms with Crippen molar-refractivity contribution in [2.24, 2.45) is 0 Å². The van der Waals surface area contributed by atoms with Gasteiger partial charge in [0.05, 0.1) is 16.6 Å². The van der Waals surface area contributed by atoms with Crippen molar-refractivity contribution in [3.8, 4) is 11.8 Å². The van der Waals surface area contributed by atoms with E-state index in [0.717, 1.165) is 0 Å². The van der Waals surface area contributed by atoms with Crippen LogP contribution in [0.15, 0.2) is 77.7 Å². The maximum Gasteiger partial charge on any atom is 0.339 e. The molecular weight excluding hydrogens is 428 g/mol. The molecule has 0 amide bonds. The van der Waals surface area contributed by atoms with Crippen molar-refractivity contribution in [3.05, 3.63) is 99.1 Å². The fourth-order valence-corrected chi connectivity index (χ4v) is 3.56. The molecule has 0 fully saturated rings. The predicted octanol–water partition coefficient (Wildman–Crippen LogP) is 5.08. The zero-order chi connectivity index (χ0) is 21.7. The van der Waals surface area contributed by atoms with E-state index in [4.69, 9.17) is 15.8 Å². The molecule has 0 unspecified atom stereocenters. The number of benzene rings is 3. The Bertz CT molecular complexity index is 1240. The topological polar surface area (TPSA) is 110 Å². The van der Waals surface area contributed by atoms with Gasteiger partial charge in [-0.25, -0.2) is 0 Å². The van der Waals surface area contributed by atoms with Gasteiger partial charge in [0.15, 0.2) is 0 Å². The lowest BCUT2D eigenvalue weighted by Crippen LogP contribution is -2.09. The van der Waals surface area contributed by atoms with Crippen LogP contribution in [0.1, 0.15) is 11.1 Å². The molecule has 7 nitrogen and oxygen atoms in total. The Morgan fingerprint density at radius 2 is 1.60 bits per heavy atom. The van der Waals surface area contributed by atoms with Gasteiger partial charge in [0.25, 0.3) is 5.69 Å². The molecule has 0 atom stereocenters. The van der Waals surface area contributed by atoms with Gasteiger partial charge in [-0.05, 0) is 65.7 Å². The summed E-state index contributed by atoms with van der Waals surface area (Å²) in [7, 11) is -4.01. The highest BCUT2D eigenvalue weighted by molar-refractivity contribution is 7.87. The quantitative estimate of drug-likeness (QED) is 0.174. The van der Waals surface area contributed by atoms with E-state index in [9.17, 15) is 23.8 Å². The lowest BCUT2D eigenvalue weighted by molar-refractivity contribution is -0.384. The summed E-state index contributed by atoms with van der Waals surface area (Å²) in [6, 6.07) is 19.4. The summed E-state index contributed by atoms with van der Waals surface area (Å²) in [5, 5.41) is 20.6. The second-order valence-corrected chi connectivity index (χ2v) is 8.02. The van der Waals surface area contributed by atoms with Crippen molar-refractivity contribution in [3.63, 3.8) is 0 Å².